The normalized spacial score (nSPS) is 12.9. The van der Waals surface area contributed by atoms with E-state index >= 15 is 0 Å². The zero-order valence-electron chi connectivity index (χ0n) is 6.61. The highest BCUT2D eigenvalue weighted by molar-refractivity contribution is 5.77. The summed E-state index contributed by atoms with van der Waals surface area (Å²) in [6, 6.07) is 1.48. The number of nitrogens with two attached hydrogens (primary N) is 1. The van der Waals surface area contributed by atoms with E-state index in [9.17, 15) is 4.79 Å². The molecule has 1 rings (SSSR count). The first-order valence-electron chi connectivity index (χ1n) is 3.42. The molecule has 0 saturated heterocycles. The summed E-state index contributed by atoms with van der Waals surface area (Å²) < 4.78 is 1.55. The molecule has 0 radical (unpaired) electrons. The van der Waals surface area contributed by atoms with Crippen LogP contribution in [0, 0.1) is 6.92 Å². The highest BCUT2D eigenvalue weighted by Crippen LogP contribution is 2.03. The SMILES string of the molecule is Cc1ccn(C(C)C(N)=O)n1. The van der Waals surface area contributed by atoms with Gasteiger partial charge in [-0.2, -0.15) is 5.10 Å². The van der Waals surface area contributed by atoms with Crippen molar-refractivity contribution in [2.24, 2.45) is 5.73 Å². The second-order valence-corrected chi connectivity index (χ2v) is 2.52. The van der Waals surface area contributed by atoms with Crippen LogP contribution in [-0.2, 0) is 4.79 Å². The number of primary amides is 1. The Bertz CT molecular complexity index is 266. The average molecular weight is 153 g/mol. The van der Waals surface area contributed by atoms with Gasteiger partial charge in [0.05, 0.1) is 5.69 Å². The number of carbonyl (C=O) groups excluding carboxylic acids is 1. The molecule has 2 N–H and O–H groups in total. The molecule has 0 fully saturated rings. The van der Waals surface area contributed by atoms with Gasteiger partial charge in [-0.25, -0.2) is 0 Å². The fourth-order valence-corrected chi connectivity index (χ4v) is 0.779. The molecule has 0 bridgehead atoms. The lowest BCUT2D eigenvalue weighted by molar-refractivity contribution is -0.120. The Hall–Kier alpha value is -1.32. The monoisotopic (exact) mass is 153 g/mol. The lowest BCUT2D eigenvalue weighted by Gasteiger charge is -2.05. The van der Waals surface area contributed by atoms with Crippen molar-refractivity contribution in [1.82, 2.24) is 9.78 Å². The summed E-state index contributed by atoms with van der Waals surface area (Å²) >= 11 is 0. The van der Waals surface area contributed by atoms with Gasteiger partial charge >= 0.3 is 0 Å². The fourth-order valence-electron chi connectivity index (χ4n) is 0.779. The molecule has 0 aliphatic rings. The Morgan fingerprint density at radius 1 is 1.82 bits per heavy atom. The molecule has 1 aromatic heterocycles. The summed E-state index contributed by atoms with van der Waals surface area (Å²) in [7, 11) is 0. The zero-order chi connectivity index (χ0) is 8.43. The average Bonchev–Trinajstić information content (AvgIpc) is 2.34. The van der Waals surface area contributed by atoms with Gasteiger partial charge in [-0.15, -0.1) is 0 Å². The molecule has 0 saturated carbocycles. The first kappa shape index (κ1) is 7.78. The van der Waals surface area contributed by atoms with Crippen molar-refractivity contribution in [3.05, 3.63) is 18.0 Å². The summed E-state index contributed by atoms with van der Waals surface area (Å²) in [5, 5.41) is 4.05. The number of hydrogen-bond donors (Lipinski definition) is 1. The van der Waals surface area contributed by atoms with Gasteiger partial charge in [0.1, 0.15) is 6.04 Å². The van der Waals surface area contributed by atoms with Crippen LogP contribution >= 0.6 is 0 Å². The third-order valence-corrected chi connectivity index (χ3v) is 1.55. The molecule has 1 atom stereocenters. The third-order valence-electron chi connectivity index (χ3n) is 1.55. The van der Waals surface area contributed by atoms with Crippen molar-refractivity contribution in [1.29, 1.82) is 0 Å². The van der Waals surface area contributed by atoms with E-state index in [2.05, 4.69) is 5.10 Å². The molecule has 4 nitrogen and oxygen atoms in total. The van der Waals surface area contributed by atoms with Crippen LogP contribution in [0.3, 0.4) is 0 Å². The topological polar surface area (TPSA) is 60.9 Å². The second kappa shape index (κ2) is 2.74. The second-order valence-electron chi connectivity index (χ2n) is 2.52. The van der Waals surface area contributed by atoms with Gasteiger partial charge in [0.25, 0.3) is 0 Å². The maximum atomic E-state index is 10.7. The first-order valence-corrected chi connectivity index (χ1v) is 3.42. The Balaban J connectivity index is 2.84. The van der Waals surface area contributed by atoms with Gasteiger partial charge in [-0.1, -0.05) is 0 Å². The minimum Gasteiger partial charge on any atom is -0.368 e. The van der Waals surface area contributed by atoms with E-state index in [4.69, 9.17) is 5.73 Å². The molecule has 1 amide bonds. The Morgan fingerprint density at radius 2 is 2.45 bits per heavy atom. The van der Waals surface area contributed by atoms with Crippen LogP contribution in [-0.4, -0.2) is 15.7 Å². The molecule has 1 unspecified atom stereocenters. The standard InChI is InChI=1S/C7H11N3O/c1-5-3-4-10(9-5)6(2)7(8)11/h3-4,6H,1-2H3,(H2,8,11). The molecule has 0 aromatic carbocycles. The van der Waals surface area contributed by atoms with Crippen LogP contribution in [0.5, 0.6) is 0 Å². The van der Waals surface area contributed by atoms with Gasteiger partial charge in [0.2, 0.25) is 5.91 Å². The molecule has 0 aliphatic carbocycles. The number of nitrogens with zero attached hydrogens (tertiary/aromatic N) is 2. The minimum absolute atomic E-state index is 0.358. The molecular weight excluding hydrogens is 142 g/mol. The molecule has 11 heavy (non-hydrogen) atoms. The Morgan fingerprint density at radius 3 is 2.82 bits per heavy atom. The predicted molar refractivity (Wildman–Crippen MR) is 40.9 cm³/mol. The number of rotatable bonds is 2. The van der Waals surface area contributed by atoms with E-state index in [1.165, 1.54) is 0 Å². The Labute approximate surface area is 65.0 Å². The third kappa shape index (κ3) is 1.58. The van der Waals surface area contributed by atoms with Crippen molar-refractivity contribution in [2.45, 2.75) is 19.9 Å². The number of aryl methyl sites for hydroxylation is 1. The van der Waals surface area contributed by atoms with Crippen molar-refractivity contribution >= 4 is 5.91 Å². The van der Waals surface area contributed by atoms with E-state index in [0.29, 0.717) is 0 Å². The van der Waals surface area contributed by atoms with Crippen LogP contribution in [0.1, 0.15) is 18.7 Å². The lowest BCUT2D eigenvalue weighted by atomic mass is 10.3. The summed E-state index contributed by atoms with van der Waals surface area (Å²) in [5.41, 5.74) is 5.96. The van der Waals surface area contributed by atoms with Crippen LogP contribution in [0.2, 0.25) is 0 Å². The summed E-state index contributed by atoms with van der Waals surface area (Å²) in [6.07, 6.45) is 1.74. The van der Waals surface area contributed by atoms with Crippen molar-refractivity contribution < 1.29 is 4.79 Å². The van der Waals surface area contributed by atoms with E-state index < -0.39 is 0 Å². The van der Waals surface area contributed by atoms with Crippen LogP contribution in [0.4, 0.5) is 0 Å². The van der Waals surface area contributed by atoms with E-state index in [-0.39, 0.29) is 11.9 Å². The summed E-state index contributed by atoms with van der Waals surface area (Å²) in [5.74, 6) is -0.367. The zero-order valence-corrected chi connectivity index (χ0v) is 6.61. The van der Waals surface area contributed by atoms with Crippen LogP contribution < -0.4 is 5.73 Å². The number of hydrogen-bond acceptors (Lipinski definition) is 2. The highest BCUT2D eigenvalue weighted by atomic mass is 16.1. The Kier molecular flexibility index (Phi) is 1.94. The molecule has 60 valence electrons. The number of carbonyl (C=O) groups is 1. The highest BCUT2D eigenvalue weighted by Gasteiger charge is 2.10. The molecule has 0 spiro atoms. The number of aromatic nitrogens is 2. The van der Waals surface area contributed by atoms with Crippen LogP contribution in [0.15, 0.2) is 12.3 Å². The summed E-state index contributed by atoms with van der Waals surface area (Å²) in [4.78, 5) is 10.7. The first-order chi connectivity index (χ1) is 5.11. The lowest BCUT2D eigenvalue weighted by Crippen LogP contribution is -2.24. The maximum absolute atomic E-state index is 10.7. The van der Waals surface area contributed by atoms with Gasteiger partial charge in [0, 0.05) is 6.20 Å². The fraction of sp³-hybridized carbons (Fsp3) is 0.429. The summed E-state index contributed by atoms with van der Waals surface area (Å²) in [6.45, 7) is 3.58. The van der Waals surface area contributed by atoms with Crippen LogP contribution in [0.25, 0.3) is 0 Å². The molecule has 4 heteroatoms. The molecule has 0 aliphatic heterocycles. The molecular formula is C7H11N3O. The van der Waals surface area contributed by atoms with Gasteiger partial charge < -0.3 is 5.73 Å². The maximum Gasteiger partial charge on any atom is 0.241 e. The van der Waals surface area contributed by atoms with E-state index in [1.54, 1.807) is 17.8 Å². The van der Waals surface area contributed by atoms with Gasteiger partial charge in [-0.05, 0) is 19.9 Å². The van der Waals surface area contributed by atoms with Crippen molar-refractivity contribution in [3.63, 3.8) is 0 Å². The molecule has 1 heterocycles. The van der Waals surface area contributed by atoms with E-state index in [0.717, 1.165) is 5.69 Å². The quantitative estimate of drug-likeness (QED) is 0.661. The molecule has 1 aromatic rings. The van der Waals surface area contributed by atoms with E-state index in [1.807, 2.05) is 13.0 Å². The van der Waals surface area contributed by atoms with Crippen molar-refractivity contribution in [2.75, 3.05) is 0 Å². The smallest absolute Gasteiger partial charge is 0.241 e. The van der Waals surface area contributed by atoms with Gasteiger partial charge in [-0.3, -0.25) is 9.48 Å². The minimum atomic E-state index is -0.367. The van der Waals surface area contributed by atoms with Crippen molar-refractivity contribution in [3.8, 4) is 0 Å². The van der Waals surface area contributed by atoms with Gasteiger partial charge in [0.15, 0.2) is 0 Å². The predicted octanol–water partition coefficient (Wildman–Crippen LogP) is 0.238. The largest absolute Gasteiger partial charge is 0.368 e. The number of amides is 1.